The number of fused-ring (bicyclic) bond motifs is 3. The van der Waals surface area contributed by atoms with Crippen molar-refractivity contribution < 1.29 is 11.0 Å². The zero-order chi connectivity index (χ0) is 30.9. The Morgan fingerprint density at radius 2 is 0.861 bits per heavy atom. The molecule has 0 aliphatic heterocycles. The molecule has 0 saturated carbocycles. The average molecular weight is 465 g/mol. The third-order valence-electron chi connectivity index (χ3n) is 6.67. The van der Waals surface area contributed by atoms with Gasteiger partial charge in [-0.3, -0.25) is 0 Å². The maximum atomic E-state index is 9.17. The molecular weight excluding hydrogens is 432 g/mol. The van der Waals surface area contributed by atoms with Gasteiger partial charge in [0.05, 0.1) is 11.0 Å². The van der Waals surface area contributed by atoms with E-state index in [4.69, 9.17) is 11.0 Å². The SMILES string of the molecule is [2H]c1c([2H])c([2H])c2c(-c3cc(-c4ccccc4)c4ccccc4c3)c3c([2H])c([2H])c([2H])c([2H])c3c(-c3ccccc3)c2c1[2H]. The maximum Gasteiger partial charge on any atom is 0.0629 e. The lowest BCUT2D eigenvalue weighted by Gasteiger charge is -2.19. The van der Waals surface area contributed by atoms with Gasteiger partial charge in [-0.15, -0.1) is 0 Å². The Balaban J connectivity index is 1.81. The van der Waals surface area contributed by atoms with Crippen molar-refractivity contribution in [1.82, 2.24) is 0 Å². The second-order valence-electron chi connectivity index (χ2n) is 8.73. The molecule has 0 nitrogen and oxygen atoms in total. The molecule has 36 heavy (non-hydrogen) atoms. The largest absolute Gasteiger partial charge is 0.0629 e. The van der Waals surface area contributed by atoms with Gasteiger partial charge < -0.3 is 0 Å². The predicted molar refractivity (Wildman–Crippen MR) is 155 cm³/mol. The Hall–Kier alpha value is -4.68. The Morgan fingerprint density at radius 1 is 0.389 bits per heavy atom. The zero-order valence-electron chi connectivity index (χ0n) is 27.2. The van der Waals surface area contributed by atoms with Gasteiger partial charge in [-0.05, 0) is 77.8 Å². The summed E-state index contributed by atoms with van der Waals surface area (Å²) in [6, 6.07) is 27.9. The Morgan fingerprint density at radius 3 is 1.44 bits per heavy atom. The normalized spacial score (nSPS) is 14.4. The molecule has 0 heteroatoms. The second-order valence-corrected chi connectivity index (χ2v) is 8.73. The van der Waals surface area contributed by atoms with Crippen LogP contribution in [0.5, 0.6) is 0 Å². The van der Waals surface area contributed by atoms with Gasteiger partial charge in [-0.1, -0.05) is 133 Å². The van der Waals surface area contributed by atoms with Crippen LogP contribution >= 0.6 is 0 Å². The molecule has 0 saturated heterocycles. The highest BCUT2D eigenvalue weighted by Gasteiger charge is 2.17. The van der Waals surface area contributed by atoms with E-state index in [9.17, 15) is 0 Å². The van der Waals surface area contributed by atoms with Crippen LogP contribution in [0.1, 0.15) is 11.0 Å². The summed E-state index contributed by atoms with van der Waals surface area (Å²) in [5.41, 5.74) is 3.72. The molecule has 0 aromatic heterocycles. The van der Waals surface area contributed by atoms with Crippen molar-refractivity contribution in [3.05, 3.63) is 145 Å². The summed E-state index contributed by atoms with van der Waals surface area (Å²) in [6.45, 7) is 0. The first-order valence-electron chi connectivity index (χ1n) is 15.8. The lowest BCUT2D eigenvalue weighted by molar-refractivity contribution is 1.64. The van der Waals surface area contributed by atoms with Gasteiger partial charge in [0.2, 0.25) is 0 Å². The lowest BCUT2D eigenvalue weighted by Crippen LogP contribution is -1.92. The molecule has 0 amide bonds. The van der Waals surface area contributed by atoms with Gasteiger partial charge >= 0.3 is 0 Å². The van der Waals surface area contributed by atoms with Crippen LogP contribution in [0, 0.1) is 0 Å². The number of hydrogen-bond donors (Lipinski definition) is 0. The summed E-state index contributed by atoms with van der Waals surface area (Å²) in [6.07, 6.45) is 0. The van der Waals surface area contributed by atoms with Gasteiger partial charge in [-0.25, -0.2) is 0 Å². The predicted octanol–water partition coefficient (Wildman–Crippen LogP) is 10.1. The van der Waals surface area contributed by atoms with Crippen molar-refractivity contribution in [2.45, 2.75) is 0 Å². The van der Waals surface area contributed by atoms with Crippen molar-refractivity contribution >= 4 is 32.3 Å². The molecule has 7 rings (SSSR count). The minimum atomic E-state index is -0.410. The van der Waals surface area contributed by atoms with Crippen LogP contribution in [0.2, 0.25) is 0 Å². The van der Waals surface area contributed by atoms with Crippen LogP contribution < -0.4 is 0 Å². The molecule has 0 heterocycles. The van der Waals surface area contributed by atoms with Crippen LogP contribution in [0.3, 0.4) is 0 Å². The monoisotopic (exact) mass is 464 g/mol. The molecule has 0 atom stereocenters. The summed E-state index contributed by atoms with van der Waals surface area (Å²) >= 11 is 0. The molecule has 0 unspecified atom stereocenters. The standard InChI is InChI=1S/C36H24/c1-3-13-25(14-4-1)34-24-28(23-27-17-7-8-18-29(27)34)36-32-21-11-9-19-30(32)35(26-15-5-2-6-16-26)31-20-10-12-22-33(31)36/h1-24H/i9D,10D,11D,12D,19D,20D,21D,22D. The fourth-order valence-electron chi connectivity index (χ4n) is 5.12. The van der Waals surface area contributed by atoms with Gasteiger partial charge in [0.15, 0.2) is 0 Å². The summed E-state index contributed by atoms with van der Waals surface area (Å²) < 4.78 is 71.0. The van der Waals surface area contributed by atoms with Gasteiger partial charge in [0.1, 0.15) is 0 Å². The Bertz CT molecular complexity index is 2210. The van der Waals surface area contributed by atoms with Crippen LogP contribution in [0.25, 0.3) is 65.7 Å². The first kappa shape index (κ1) is 14.0. The van der Waals surface area contributed by atoms with Crippen LogP contribution in [0.4, 0.5) is 0 Å². The molecule has 0 aliphatic rings. The Labute approximate surface area is 222 Å². The number of benzene rings is 7. The van der Waals surface area contributed by atoms with Crippen LogP contribution in [-0.4, -0.2) is 0 Å². The van der Waals surface area contributed by atoms with E-state index in [0.717, 1.165) is 21.9 Å². The molecule has 0 radical (unpaired) electrons. The van der Waals surface area contributed by atoms with Crippen molar-refractivity contribution in [3.63, 3.8) is 0 Å². The van der Waals surface area contributed by atoms with Crippen molar-refractivity contribution in [2.24, 2.45) is 0 Å². The van der Waals surface area contributed by atoms with Gasteiger partial charge in [0, 0.05) is 0 Å². The topological polar surface area (TPSA) is 0 Å². The van der Waals surface area contributed by atoms with Crippen molar-refractivity contribution in [2.75, 3.05) is 0 Å². The molecule has 0 N–H and O–H groups in total. The minimum absolute atomic E-state index is 0.210. The smallest absolute Gasteiger partial charge is 0.0622 e. The molecular formula is C36H24. The van der Waals surface area contributed by atoms with E-state index < -0.39 is 24.2 Å². The molecule has 0 bridgehead atoms. The van der Waals surface area contributed by atoms with E-state index in [2.05, 4.69) is 0 Å². The summed E-state index contributed by atoms with van der Waals surface area (Å²) in [7, 11) is 0. The summed E-state index contributed by atoms with van der Waals surface area (Å²) in [4.78, 5) is 0. The number of hydrogen-bond acceptors (Lipinski definition) is 0. The molecule has 0 fully saturated rings. The van der Waals surface area contributed by atoms with Crippen molar-refractivity contribution in [3.8, 4) is 33.4 Å². The fourth-order valence-corrected chi connectivity index (χ4v) is 5.12. The van der Waals surface area contributed by atoms with E-state index in [1.54, 1.807) is 24.3 Å². The number of rotatable bonds is 3. The first-order valence-corrected chi connectivity index (χ1v) is 11.8. The van der Waals surface area contributed by atoms with Crippen molar-refractivity contribution in [1.29, 1.82) is 0 Å². The molecule has 7 aromatic rings. The minimum Gasteiger partial charge on any atom is -0.0622 e. The van der Waals surface area contributed by atoms with Gasteiger partial charge in [0.25, 0.3) is 0 Å². The second kappa shape index (κ2) is 8.52. The van der Waals surface area contributed by atoms with E-state index >= 15 is 0 Å². The molecule has 0 aliphatic carbocycles. The molecule has 0 spiro atoms. The van der Waals surface area contributed by atoms with E-state index in [-0.39, 0.29) is 45.7 Å². The maximum absolute atomic E-state index is 9.17. The van der Waals surface area contributed by atoms with E-state index in [1.807, 2.05) is 72.8 Å². The highest BCUT2D eigenvalue weighted by molar-refractivity contribution is 6.22. The zero-order valence-corrected chi connectivity index (χ0v) is 19.2. The Kier molecular flexibility index (Phi) is 3.32. The third kappa shape index (κ3) is 3.31. The van der Waals surface area contributed by atoms with Crippen LogP contribution in [-0.2, 0) is 0 Å². The molecule has 7 aromatic carbocycles. The third-order valence-corrected chi connectivity index (χ3v) is 6.67. The quantitative estimate of drug-likeness (QED) is 0.228. The van der Waals surface area contributed by atoms with Crippen LogP contribution in [0.15, 0.2) is 145 Å². The summed E-state index contributed by atoms with van der Waals surface area (Å²) in [5, 5.41) is 2.72. The van der Waals surface area contributed by atoms with E-state index in [0.29, 0.717) is 22.3 Å². The molecule has 168 valence electrons. The summed E-state index contributed by atoms with van der Waals surface area (Å²) in [5.74, 6) is 0. The van der Waals surface area contributed by atoms with Gasteiger partial charge in [-0.2, -0.15) is 0 Å². The highest BCUT2D eigenvalue weighted by Crippen LogP contribution is 2.45. The van der Waals surface area contributed by atoms with E-state index in [1.165, 1.54) is 0 Å². The first-order chi connectivity index (χ1) is 21.2. The fraction of sp³-hybridized carbons (Fsp3) is 0. The highest BCUT2D eigenvalue weighted by atomic mass is 14.2. The average Bonchev–Trinajstić information content (AvgIpc) is 3.06. The lowest BCUT2D eigenvalue weighted by atomic mass is 9.84.